The highest BCUT2D eigenvalue weighted by Gasteiger charge is 2.15. The Balaban J connectivity index is 1.75. The molecule has 0 aliphatic carbocycles. The fourth-order valence-electron chi connectivity index (χ4n) is 2.85. The largest absolute Gasteiger partial charge is 0.496 e. The van der Waals surface area contributed by atoms with E-state index in [0.29, 0.717) is 18.1 Å². The van der Waals surface area contributed by atoms with Gasteiger partial charge in [0.1, 0.15) is 17.9 Å². The van der Waals surface area contributed by atoms with Crippen molar-refractivity contribution in [2.45, 2.75) is 19.8 Å². The van der Waals surface area contributed by atoms with Gasteiger partial charge in [-0.3, -0.25) is 4.98 Å². The number of nitrogens with one attached hydrogen (secondary N) is 1. The number of carboxylic acid groups (broad SMARTS) is 1. The van der Waals surface area contributed by atoms with Crippen molar-refractivity contribution in [2.75, 3.05) is 19.0 Å². The van der Waals surface area contributed by atoms with Gasteiger partial charge in [0.25, 0.3) is 0 Å². The molecule has 0 aliphatic heterocycles. The lowest BCUT2D eigenvalue weighted by atomic mass is 9.97. The average Bonchev–Trinajstić information content (AvgIpc) is 2.72. The second-order valence-corrected chi connectivity index (χ2v) is 6.52. The van der Waals surface area contributed by atoms with Crippen molar-refractivity contribution in [3.8, 4) is 17.0 Å². The van der Waals surface area contributed by atoms with Gasteiger partial charge in [0.05, 0.1) is 18.4 Å². The molecule has 7 nitrogen and oxygen atoms in total. The number of anilines is 1. The number of hydrogen-bond acceptors (Lipinski definition) is 6. The van der Waals surface area contributed by atoms with Crippen molar-refractivity contribution in [1.29, 1.82) is 0 Å². The van der Waals surface area contributed by atoms with E-state index < -0.39 is 5.97 Å². The molecule has 28 heavy (non-hydrogen) atoms. The Hall–Kier alpha value is -3.48. The van der Waals surface area contributed by atoms with Crippen molar-refractivity contribution >= 4 is 11.8 Å². The number of aromatic nitrogens is 3. The number of nitrogens with zero attached hydrogens (tertiary/aromatic N) is 3. The maximum Gasteiger partial charge on any atom is 0.335 e. The maximum absolute atomic E-state index is 11.3. The molecule has 0 radical (unpaired) electrons. The van der Waals surface area contributed by atoms with Gasteiger partial charge in [-0.25, -0.2) is 14.8 Å². The fourth-order valence-corrected chi connectivity index (χ4v) is 2.85. The molecular weight excluding hydrogens is 356 g/mol. The summed E-state index contributed by atoms with van der Waals surface area (Å²) in [5.41, 5.74) is 3.70. The van der Waals surface area contributed by atoms with Gasteiger partial charge in [-0.1, -0.05) is 6.92 Å². The van der Waals surface area contributed by atoms with E-state index in [-0.39, 0.29) is 11.5 Å². The Kier molecular flexibility index (Phi) is 5.84. The van der Waals surface area contributed by atoms with Crippen molar-refractivity contribution in [2.24, 2.45) is 0 Å². The summed E-state index contributed by atoms with van der Waals surface area (Å²) >= 11 is 0. The minimum Gasteiger partial charge on any atom is -0.496 e. The van der Waals surface area contributed by atoms with Crippen LogP contribution in [0, 0.1) is 6.92 Å². The zero-order valence-corrected chi connectivity index (χ0v) is 16.0. The molecule has 7 heteroatoms. The summed E-state index contributed by atoms with van der Waals surface area (Å²) < 4.78 is 5.39. The van der Waals surface area contributed by atoms with Gasteiger partial charge < -0.3 is 15.2 Å². The van der Waals surface area contributed by atoms with Gasteiger partial charge in [-0.05, 0) is 42.8 Å². The van der Waals surface area contributed by atoms with E-state index >= 15 is 0 Å². The van der Waals surface area contributed by atoms with E-state index in [2.05, 4.69) is 20.3 Å². The zero-order chi connectivity index (χ0) is 20.1. The number of aromatic carboxylic acids is 1. The summed E-state index contributed by atoms with van der Waals surface area (Å²) in [5.74, 6) is 0.393. The third-order valence-electron chi connectivity index (χ3n) is 4.47. The van der Waals surface area contributed by atoms with Crippen LogP contribution in [0.5, 0.6) is 5.75 Å². The van der Waals surface area contributed by atoms with E-state index in [1.807, 2.05) is 32.0 Å². The number of benzene rings is 1. The Morgan fingerprint density at radius 3 is 2.68 bits per heavy atom. The smallest absolute Gasteiger partial charge is 0.335 e. The number of ether oxygens (including phenoxy) is 1. The highest BCUT2D eigenvalue weighted by Crippen LogP contribution is 2.28. The lowest BCUT2D eigenvalue weighted by Gasteiger charge is -2.17. The molecule has 1 aromatic carbocycles. The van der Waals surface area contributed by atoms with Crippen LogP contribution < -0.4 is 10.1 Å². The van der Waals surface area contributed by atoms with Gasteiger partial charge in [0, 0.05) is 36.0 Å². The topological polar surface area (TPSA) is 97.2 Å². The maximum atomic E-state index is 11.3. The number of carboxylic acids is 1. The number of rotatable bonds is 7. The summed E-state index contributed by atoms with van der Waals surface area (Å²) in [6.07, 6.45) is 3.29. The average molecular weight is 378 g/mol. The molecule has 0 amide bonds. The Morgan fingerprint density at radius 2 is 2.00 bits per heavy atom. The second kappa shape index (κ2) is 8.47. The van der Waals surface area contributed by atoms with Gasteiger partial charge in [0.2, 0.25) is 0 Å². The van der Waals surface area contributed by atoms with Gasteiger partial charge >= 0.3 is 5.97 Å². The Bertz CT molecular complexity index is 974. The van der Waals surface area contributed by atoms with E-state index in [1.54, 1.807) is 25.4 Å². The minimum atomic E-state index is -0.962. The van der Waals surface area contributed by atoms with Crippen LogP contribution in [0.2, 0.25) is 0 Å². The number of hydrogen-bond donors (Lipinski definition) is 2. The standard InChI is InChI=1S/C21H22N4O3/c1-13(17-8-15(21(26)27)6-7-19(17)28-3)10-23-20-9-18(24-12-25-20)16-5-4-14(2)22-11-16/h4-9,11-13H,10H2,1-3H3,(H,26,27)(H,23,24,25). The highest BCUT2D eigenvalue weighted by molar-refractivity contribution is 5.88. The van der Waals surface area contributed by atoms with Gasteiger partial charge in [-0.15, -0.1) is 0 Å². The molecule has 144 valence electrons. The van der Waals surface area contributed by atoms with E-state index in [0.717, 1.165) is 22.5 Å². The zero-order valence-electron chi connectivity index (χ0n) is 16.0. The summed E-state index contributed by atoms with van der Waals surface area (Å²) in [6.45, 7) is 4.50. The third kappa shape index (κ3) is 4.43. The first-order valence-electron chi connectivity index (χ1n) is 8.88. The molecular formula is C21H22N4O3. The number of carbonyl (C=O) groups is 1. The number of methoxy groups -OCH3 is 1. The van der Waals surface area contributed by atoms with Crippen LogP contribution in [0.15, 0.2) is 48.9 Å². The monoisotopic (exact) mass is 378 g/mol. The van der Waals surface area contributed by atoms with Crippen molar-refractivity contribution in [1.82, 2.24) is 15.0 Å². The molecule has 2 heterocycles. The molecule has 0 fully saturated rings. The number of pyridine rings is 1. The fraction of sp³-hybridized carbons (Fsp3) is 0.238. The molecule has 1 unspecified atom stereocenters. The molecule has 0 saturated heterocycles. The first-order chi connectivity index (χ1) is 13.5. The normalized spacial score (nSPS) is 11.7. The summed E-state index contributed by atoms with van der Waals surface area (Å²) in [7, 11) is 1.58. The van der Waals surface area contributed by atoms with E-state index in [9.17, 15) is 9.90 Å². The van der Waals surface area contributed by atoms with Crippen LogP contribution in [0.25, 0.3) is 11.3 Å². The molecule has 0 aliphatic rings. The Labute approximate surface area is 163 Å². The van der Waals surface area contributed by atoms with Crippen molar-refractivity contribution in [3.63, 3.8) is 0 Å². The molecule has 2 aromatic heterocycles. The van der Waals surface area contributed by atoms with Crippen LogP contribution in [0.4, 0.5) is 5.82 Å². The van der Waals surface area contributed by atoms with Crippen LogP contribution in [0.1, 0.15) is 34.5 Å². The summed E-state index contributed by atoms with van der Waals surface area (Å²) in [6, 6.07) is 10.6. The van der Waals surface area contributed by atoms with Crippen LogP contribution in [-0.2, 0) is 0 Å². The van der Waals surface area contributed by atoms with Crippen LogP contribution >= 0.6 is 0 Å². The third-order valence-corrected chi connectivity index (χ3v) is 4.47. The highest BCUT2D eigenvalue weighted by atomic mass is 16.5. The van der Waals surface area contributed by atoms with Gasteiger partial charge in [-0.2, -0.15) is 0 Å². The van der Waals surface area contributed by atoms with Crippen molar-refractivity contribution in [3.05, 3.63) is 65.7 Å². The first kappa shape index (κ1) is 19.3. The lowest BCUT2D eigenvalue weighted by molar-refractivity contribution is 0.0696. The molecule has 3 rings (SSSR count). The summed E-state index contributed by atoms with van der Waals surface area (Å²) in [4.78, 5) is 24.1. The Morgan fingerprint density at radius 1 is 1.18 bits per heavy atom. The first-order valence-corrected chi connectivity index (χ1v) is 8.88. The van der Waals surface area contributed by atoms with E-state index in [1.165, 1.54) is 12.4 Å². The molecule has 2 N–H and O–H groups in total. The molecule has 0 spiro atoms. The minimum absolute atomic E-state index is 0.00806. The number of aryl methyl sites for hydroxylation is 1. The molecule has 0 bridgehead atoms. The quantitative estimate of drug-likeness (QED) is 0.646. The van der Waals surface area contributed by atoms with E-state index in [4.69, 9.17) is 4.74 Å². The predicted octanol–water partition coefficient (Wildman–Crippen LogP) is 3.77. The van der Waals surface area contributed by atoms with Crippen molar-refractivity contribution < 1.29 is 14.6 Å². The second-order valence-electron chi connectivity index (χ2n) is 6.52. The van der Waals surface area contributed by atoms with Gasteiger partial charge in [0.15, 0.2) is 0 Å². The molecule has 0 saturated carbocycles. The molecule has 1 atom stereocenters. The van der Waals surface area contributed by atoms with Crippen LogP contribution in [0.3, 0.4) is 0 Å². The SMILES string of the molecule is COc1ccc(C(=O)O)cc1C(C)CNc1cc(-c2ccc(C)nc2)ncn1. The van der Waals surface area contributed by atoms with Crippen LogP contribution in [-0.4, -0.2) is 39.7 Å². The predicted molar refractivity (Wildman–Crippen MR) is 107 cm³/mol. The summed E-state index contributed by atoms with van der Waals surface area (Å²) in [5, 5.41) is 12.5. The lowest BCUT2D eigenvalue weighted by Crippen LogP contribution is -2.13. The molecule has 3 aromatic rings.